The number of allylic oxidation sites excluding steroid dienone is 3. The van der Waals surface area contributed by atoms with E-state index >= 15 is 0 Å². The van der Waals surface area contributed by atoms with Crippen LogP contribution in [0.3, 0.4) is 0 Å². The first kappa shape index (κ1) is 51.2. The van der Waals surface area contributed by atoms with E-state index in [1.54, 1.807) is 0 Å². The Balaban J connectivity index is 0.00000486. The molecule has 4 aliphatic carbocycles. The van der Waals surface area contributed by atoms with Crippen LogP contribution in [0.4, 0.5) is 0 Å². The zero-order valence-electron chi connectivity index (χ0n) is 36.4. The van der Waals surface area contributed by atoms with Gasteiger partial charge >= 0.3 is 0 Å². The second kappa shape index (κ2) is 19.6. The summed E-state index contributed by atoms with van der Waals surface area (Å²) < 4.78 is 14.2. The molecule has 8 atom stereocenters. The molecule has 0 aromatic heterocycles. The molecular formula is C44H78Ac2O5Si2. The van der Waals surface area contributed by atoms with Crippen molar-refractivity contribution in [1.82, 2.24) is 0 Å². The van der Waals surface area contributed by atoms with Gasteiger partial charge in [-0.2, -0.15) is 0 Å². The van der Waals surface area contributed by atoms with Crippen LogP contribution in [-0.2, 0) is 13.6 Å². The SMILES string of the molecule is C=C1/C(=C\C=C2/CCC[C@@]3(C)C2CCC3[C@H](C)C(O)CC(=O)C2(C(O)CCCC)CC2)CC(O[Si](C)(C)C(C)(C)C)CC1O[Si](C)(C)C(C)(C)C.[Ac].[Ac]. The number of hydrogen-bond acceptors (Lipinski definition) is 5. The second-order valence-electron chi connectivity index (χ2n) is 20.7. The molecule has 5 nitrogen and oxygen atoms in total. The molecule has 2 N–H and O–H groups in total. The van der Waals surface area contributed by atoms with Gasteiger partial charge in [-0.25, -0.2) is 0 Å². The maximum absolute atomic E-state index is 13.5. The molecule has 4 fully saturated rings. The van der Waals surface area contributed by atoms with Gasteiger partial charge in [-0.15, -0.1) is 0 Å². The first-order valence-corrected chi connectivity index (χ1v) is 26.6. The van der Waals surface area contributed by atoms with Crippen molar-refractivity contribution in [2.45, 2.75) is 206 Å². The Kier molecular flexibility index (Phi) is 18.9. The fourth-order valence-corrected chi connectivity index (χ4v) is 12.0. The summed E-state index contributed by atoms with van der Waals surface area (Å²) in [5, 5.41) is 22.6. The molecule has 9 heteroatoms. The summed E-state index contributed by atoms with van der Waals surface area (Å²) in [6.45, 7) is 34.7. The van der Waals surface area contributed by atoms with Crippen LogP contribution >= 0.6 is 0 Å². The number of Topliss-reactive ketones (excluding diaryl/α,β-unsaturated/α-hetero) is 1. The molecule has 6 unspecified atom stereocenters. The number of hydrogen-bond donors (Lipinski definition) is 2. The Morgan fingerprint density at radius 1 is 0.962 bits per heavy atom. The zero-order chi connectivity index (χ0) is 38.4. The van der Waals surface area contributed by atoms with Crippen LogP contribution in [0.2, 0.25) is 36.3 Å². The molecule has 4 aliphatic rings. The summed E-state index contributed by atoms with van der Waals surface area (Å²) in [5.41, 5.74) is 3.45. The number of fused-ring (bicyclic) bond motifs is 1. The molecule has 0 saturated heterocycles. The van der Waals surface area contributed by atoms with Crippen molar-refractivity contribution >= 4 is 22.4 Å². The van der Waals surface area contributed by atoms with Crippen LogP contribution in [-0.4, -0.2) is 57.0 Å². The predicted molar refractivity (Wildman–Crippen MR) is 219 cm³/mol. The van der Waals surface area contributed by atoms with E-state index in [4.69, 9.17) is 8.85 Å². The molecule has 0 spiro atoms. The third-order valence-corrected chi connectivity index (χ3v) is 24.2. The third-order valence-electron chi connectivity index (χ3n) is 15.2. The quantitative estimate of drug-likeness (QED) is 0.170. The van der Waals surface area contributed by atoms with E-state index in [-0.39, 0.29) is 134 Å². The van der Waals surface area contributed by atoms with Crippen LogP contribution in [0.5, 0.6) is 0 Å². The largest absolute Gasteiger partial charge is 0.413 e. The average Bonchev–Trinajstić information content (AvgIpc) is 3.75. The predicted octanol–water partition coefficient (Wildman–Crippen LogP) is 11.5. The molecule has 0 bridgehead atoms. The van der Waals surface area contributed by atoms with E-state index < -0.39 is 34.3 Å². The van der Waals surface area contributed by atoms with E-state index in [1.165, 1.54) is 17.6 Å². The topological polar surface area (TPSA) is 76.0 Å². The van der Waals surface area contributed by atoms with Crippen molar-refractivity contribution in [3.8, 4) is 0 Å². The Morgan fingerprint density at radius 3 is 2.09 bits per heavy atom. The van der Waals surface area contributed by atoms with E-state index in [0.717, 1.165) is 69.8 Å². The van der Waals surface area contributed by atoms with Gasteiger partial charge in [0.25, 0.3) is 0 Å². The Bertz CT molecular complexity index is 1320. The molecule has 0 aromatic carbocycles. The van der Waals surface area contributed by atoms with Gasteiger partial charge in [0.1, 0.15) is 5.78 Å². The number of ketones is 1. The van der Waals surface area contributed by atoms with E-state index in [1.807, 2.05) is 0 Å². The van der Waals surface area contributed by atoms with Crippen molar-refractivity contribution < 1.29 is 112 Å². The molecule has 0 aliphatic heterocycles. The molecule has 0 heterocycles. The van der Waals surface area contributed by atoms with Crippen molar-refractivity contribution in [3.63, 3.8) is 0 Å². The fraction of sp³-hybridized carbons (Fsp3) is 0.841. The summed E-state index contributed by atoms with van der Waals surface area (Å²) in [7, 11) is -4.01. The molecule has 4 saturated carbocycles. The van der Waals surface area contributed by atoms with Crippen LogP contribution < -0.4 is 0 Å². The first-order valence-electron chi connectivity index (χ1n) is 20.7. The van der Waals surface area contributed by atoms with Gasteiger partial charge in [-0.05, 0) is 128 Å². The van der Waals surface area contributed by atoms with Crippen LogP contribution in [0.1, 0.15) is 146 Å². The summed E-state index contributed by atoms with van der Waals surface area (Å²) in [6.07, 6.45) is 15.4. The number of carbonyl (C=O) groups excluding carboxylic acids is 1. The number of unbranched alkanes of at least 4 members (excludes halogenated alkanes) is 1. The van der Waals surface area contributed by atoms with Gasteiger partial charge in [0.05, 0.1) is 29.8 Å². The summed E-state index contributed by atoms with van der Waals surface area (Å²) in [4.78, 5) is 13.5. The number of aliphatic hydroxyl groups excluding tert-OH is 2. The number of rotatable bonds is 14. The minimum atomic E-state index is -2.03. The van der Waals surface area contributed by atoms with Gasteiger partial charge in [0, 0.05) is 101 Å². The molecule has 53 heavy (non-hydrogen) atoms. The van der Waals surface area contributed by atoms with Crippen molar-refractivity contribution in [2.24, 2.45) is 28.6 Å². The third kappa shape index (κ3) is 11.7. The average molecular weight is 1200 g/mol. The van der Waals surface area contributed by atoms with Gasteiger partial charge in [-0.1, -0.05) is 99.5 Å². The van der Waals surface area contributed by atoms with Crippen molar-refractivity contribution in [2.75, 3.05) is 0 Å². The Morgan fingerprint density at radius 2 is 1.55 bits per heavy atom. The normalized spacial score (nSPS) is 31.0. The second-order valence-corrected chi connectivity index (χ2v) is 30.2. The van der Waals surface area contributed by atoms with Gasteiger partial charge in [-0.3, -0.25) is 4.79 Å². The first-order chi connectivity index (χ1) is 23.4. The summed E-state index contributed by atoms with van der Waals surface area (Å²) in [5.74, 6) is 0.987. The molecule has 0 amide bonds. The Labute approximate surface area is 399 Å². The maximum atomic E-state index is 13.5. The summed E-state index contributed by atoms with van der Waals surface area (Å²) >= 11 is 0. The van der Waals surface area contributed by atoms with E-state index in [9.17, 15) is 15.0 Å². The standard InChI is InChI=1S/C44H78O5Si2.2Ac/c1-15-16-19-39(46)44(25-26-44)40(47)29-37(45)31(3)35-22-23-36-32(18-17-24-43(35,36)10)20-21-33-27-34(48-50(11,12)41(4,5)6)28-38(30(33)2)49-51(13,14)42(7,8)9;;/h20-21,31,34-39,45-46H,2,15-19,22-29H2,1,3-14H3;;/b32-20+,33-21-;;/t31-,34?,35?,36?,37?,38?,39?,43+;;/m0../s1. The minimum absolute atomic E-state index is 0. The Hall–Kier alpha value is 2.05. The van der Waals surface area contributed by atoms with Crippen molar-refractivity contribution in [1.29, 1.82) is 0 Å². The molecule has 0 aromatic rings. The molecule has 4 rings (SSSR count). The maximum Gasteiger partial charge on any atom is 0.192 e. The van der Waals surface area contributed by atoms with Crippen molar-refractivity contribution in [3.05, 3.63) is 35.5 Å². The van der Waals surface area contributed by atoms with Gasteiger partial charge in [0.2, 0.25) is 0 Å². The fourth-order valence-electron chi connectivity index (χ4n) is 9.36. The number of carbonyl (C=O) groups is 1. The van der Waals surface area contributed by atoms with E-state index in [0.29, 0.717) is 18.3 Å². The van der Waals surface area contributed by atoms with Gasteiger partial charge < -0.3 is 19.1 Å². The van der Waals surface area contributed by atoms with Crippen LogP contribution in [0, 0.1) is 117 Å². The molecular weight excluding hydrogens is 1120 g/mol. The molecule has 2 radical (unpaired) electrons. The minimum Gasteiger partial charge on any atom is -0.413 e. The molecule has 298 valence electrons. The van der Waals surface area contributed by atoms with Crippen LogP contribution in [0.15, 0.2) is 35.5 Å². The summed E-state index contributed by atoms with van der Waals surface area (Å²) in [6, 6.07) is 0. The smallest absolute Gasteiger partial charge is 0.192 e. The zero-order valence-corrected chi connectivity index (χ0v) is 47.9. The van der Waals surface area contributed by atoms with Crippen LogP contribution in [0.25, 0.3) is 0 Å². The monoisotopic (exact) mass is 1200 g/mol. The van der Waals surface area contributed by atoms with E-state index in [2.05, 4.69) is 107 Å². The van der Waals surface area contributed by atoms with Gasteiger partial charge in [0.15, 0.2) is 16.6 Å². The number of aliphatic hydroxyl groups is 2.